The highest BCUT2D eigenvalue weighted by molar-refractivity contribution is 7.14. The van der Waals surface area contributed by atoms with Gasteiger partial charge in [0.15, 0.2) is 27.6 Å². The molecule has 13 heteroatoms. The van der Waals surface area contributed by atoms with E-state index in [9.17, 15) is 14.0 Å². The predicted octanol–water partition coefficient (Wildman–Crippen LogP) is 5.85. The molecule has 4 amide bonds. The number of benzene rings is 2. The van der Waals surface area contributed by atoms with Gasteiger partial charge >= 0.3 is 12.1 Å². The van der Waals surface area contributed by atoms with Crippen LogP contribution in [0.4, 0.5) is 35.6 Å². The molecule has 0 spiro atoms. The number of amides is 4. The van der Waals surface area contributed by atoms with E-state index >= 15 is 0 Å². The molecule has 4 aromatic rings. The molecular formula is C22H19FN6O4S2. The van der Waals surface area contributed by atoms with Crippen molar-refractivity contribution in [2.45, 2.75) is 0 Å². The summed E-state index contributed by atoms with van der Waals surface area (Å²) in [6.45, 7) is 0. The SMILES string of the molecule is COc1cccc(F)c1Oc1ccc(N(C)C(=O)Nc2nccs2)cc1NC(=O)Nc1nccs1. The van der Waals surface area contributed by atoms with Crippen LogP contribution in [0.1, 0.15) is 0 Å². The molecule has 0 radical (unpaired) electrons. The van der Waals surface area contributed by atoms with E-state index in [-0.39, 0.29) is 22.9 Å². The van der Waals surface area contributed by atoms with Gasteiger partial charge in [0, 0.05) is 35.9 Å². The highest BCUT2D eigenvalue weighted by atomic mass is 32.1. The van der Waals surface area contributed by atoms with Crippen LogP contribution in [0.15, 0.2) is 59.6 Å². The Morgan fingerprint density at radius 2 is 1.69 bits per heavy atom. The number of hydrogen-bond acceptors (Lipinski definition) is 8. The largest absolute Gasteiger partial charge is 0.493 e. The van der Waals surface area contributed by atoms with Crippen molar-refractivity contribution in [2.24, 2.45) is 0 Å². The predicted molar refractivity (Wildman–Crippen MR) is 134 cm³/mol. The maximum Gasteiger partial charge on any atom is 0.327 e. The first-order chi connectivity index (χ1) is 16.9. The van der Waals surface area contributed by atoms with Crippen LogP contribution in [0.5, 0.6) is 17.2 Å². The number of para-hydroxylation sites is 1. The van der Waals surface area contributed by atoms with Gasteiger partial charge < -0.3 is 14.8 Å². The molecule has 3 N–H and O–H groups in total. The summed E-state index contributed by atoms with van der Waals surface area (Å²) >= 11 is 2.52. The van der Waals surface area contributed by atoms with Crippen molar-refractivity contribution in [1.82, 2.24) is 9.97 Å². The third kappa shape index (κ3) is 5.83. The van der Waals surface area contributed by atoms with Crippen molar-refractivity contribution in [1.29, 1.82) is 0 Å². The first-order valence-corrected chi connectivity index (χ1v) is 11.8. The molecule has 0 fully saturated rings. The number of nitrogens with zero attached hydrogens (tertiary/aromatic N) is 3. The zero-order valence-corrected chi connectivity index (χ0v) is 20.1. The maximum absolute atomic E-state index is 14.5. The Balaban J connectivity index is 1.63. The Hall–Kier alpha value is -4.23. The fourth-order valence-corrected chi connectivity index (χ4v) is 3.93. The van der Waals surface area contributed by atoms with Gasteiger partial charge in [-0.2, -0.15) is 0 Å². The summed E-state index contributed by atoms with van der Waals surface area (Å²) in [5, 5.41) is 12.2. The molecule has 0 aliphatic carbocycles. The second kappa shape index (κ2) is 10.8. The van der Waals surface area contributed by atoms with Gasteiger partial charge in [-0.1, -0.05) is 6.07 Å². The van der Waals surface area contributed by atoms with E-state index in [0.29, 0.717) is 16.0 Å². The van der Waals surface area contributed by atoms with Gasteiger partial charge in [0.2, 0.25) is 5.75 Å². The van der Waals surface area contributed by atoms with Gasteiger partial charge in [-0.05, 0) is 30.3 Å². The Morgan fingerprint density at radius 3 is 2.34 bits per heavy atom. The molecule has 0 saturated carbocycles. The van der Waals surface area contributed by atoms with Crippen molar-refractivity contribution >= 4 is 56.4 Å². The summed E-state index contributed by atoms with van der Waals surface area (Å²) in [5.74, 6) is -0.500. The van der Waals surface area contributed by atoms with Crippen LogP contribution in [0.2, 0.25) is 0 Å². The van der Waals surface area contributed by atoms with Crippen LogP contribution in [-0.2, 0) is 0 Å². The number of thiazole rings is 2. The minimum absolute atomic E-state index is 0.125. The molecule has 0 aliphatic rings. The number of hydrogen-bond donors (Lipinski definition) is 3. The number of nitrogens with one attached hydrogen (secondary N) is 3. The third-order valence-electron chi connectivity index (χ3n) is 4.57. The average Bonchev–Trinajstić information content (AvgIpc) is 3.55. The zero-order valence-electron chi connectivity index (χ0n) is 18.4. The van der Waals surface area contributed by atoms with Gasteiger partial charge in [-0.25, -0.2) is 23.9 Å². The lowest BCUT2D eigenvalue weighted by molar-refractivity contribution is 0.258. The molecule has 0 atom stereocenters. The van der Waals surface area contributed by atoms with Crippen LogP contribution >= 0.6 is 22.7 Å². The fraction of sp³-hybridized carbons (Fsp3) is 0.0909. The maximum atomic E-state index is 14.5. The Labute approximate surface area is 207 Å². The minimum Gasteiger partial charge on any atom is -0.493 e. The number of ether oxygens (including phenoxy) is 2. The molecule has 0 unspecified atom stereocenters. The summed E-state index contributed by atoms with van der Waals surface area (Å²) in [4.78, 5) is 34.6. The summed E-state index contributed by atoms with van der Waals surface area (Å²) < 4.78 is 25.5. The van der Waals surface area contributed by atoms with Crippen molar-refractivity contribution in [3.63, 3.8) is 0 Å². The second-order valence-corrected chi connectivity index (χ2v) is 8.59. The van der Waals surface area contributed by atoms with Gasteiger partial charge in [0.25, 0.3) is 0 Å². The van der Waals surface area contributed by atoms with Gasteiger partial charge in [-0.15, -0.1) is 22.7 Å². The molecule has 180 valence electrons. The van der Waals surface area contributed by atoms with Gasteiger partial charge in [0.05, 0.1) is 12.8 Å². The summed E-state index contributed by atoms with van der Waals surface area (Å²) in [7, 11) is 2.94. The number of anilines is 4. The standard InChI is InChI=1S/C22H19FN6O4S2/c1-29(22(31)28-21-25-9-11-35-21)13-6-7-16(33-18-14(23)4-3-5-17(18)32-2)15(12-13)26-19(30)27-20-24-8-10-34-20/h3-12H,1-2H3,(H,25,28,31)(H2,24,26,27,30). The molecular weight excluding hydrogens is 495 g/mol. The van der Waals surface area contributed by atoms with E-state index < -0.39 is 17.9 Å². The Morgan fingerprint density at radius 1 is 0.971 bits per heavy atom. The van der Waals surface area contributed by atoms with Crippen LogP contribution in [0, 0.1) is 5.82 Å². The normalized spacial score (nSPS) is 10.4. The molecule has 0 saturated heterocycles. The third-order valence-corrected chi connectivity index (χ3v) is 5.94. The van der Waals surface area contributed by atoms with E-state index in [4.69, 9.17) is 9.47 Å². The van der Waals surface area contributed by atoms with E-state index in [0.717, 1.165) is 0 Å². The Bertz CT molecular complexity index is 1320. The smallest absolute Gasteiger partial charge is 0.327 e. The first kappa shape index (κ1) is 23.9. The molecule has 0 aliphatic heterocycles. The van der Waals surface area contributed by atoms with E-state index in [1.165, 1.54) is 58.9 Å². The molecule has 0 bridgehead atoms. The van der Waals surface area contributed by atoms with Crippen molar-refractivity contribution in [3.8, 4) is 17.2 Å². The van der Waals surface area contributed by atoms with Crippen LogP contribution < -0.4 is 30.3 Å². The van der Waals surface area contributed by atoms with E-state index in [1.54, 1.807) is 42.3 Å². The quantitative estimate of drug-likeness (QED) is 0.285. The number of methoxy groups -OCH3 is 1. The van der Waals surface area contributed by atoms with Crippen molar-refractivity contribution < 1.29 is 23.5 Å². The summed E-state index contributed by atoms with van der Waals surface area (Å²) in [6.07, 6.45) is 3.13. The number of carbonyl (C=O) groups excluding carboxylic acids is 2. The molecule has 35 heavy (non-hydrogen) atoms. The summed E-state index contributed by atoms with van der Waals surface area (Å²) in [6, 6.07) is 7.84. The van der Waals surface area contributed by atoms with E-state index in [1.807, 2.05) is 0 Å². The molecule has 10 nitrogen and oxygen atoms in total. The number of rotatable bonds is 7. The lowest BCUT2D eigenvalue weighted by Gasteiger charge is -2.20. The first-order valence-electron chi connectivity index (χ1n) is 10.0. The molecule has 4 rings (SSSR count). The van der Waals surface area contributed by atoms with Crippen molar-refractivity contribution in [2.75, 3.05) is 35.0 Å². The highest BCUT2D eigenvalue weighted by Crippen LogP contribution is 2.38. The van der Waals surface area contributed by atoms with Crippen LogP contribution in [0.3, 0.4) is 0 Å². The second-order valence-electron chi connectivity index (χ2n) is 6.80. The minimum atomic E-state index is -0.647. The Kier molecular flexibility index (Phi) is 7.38. The monoisotopic (exact) mass is 514 g/mol. The molecule has 2 aromatic carbocycles. The zero-order chi connectivity index (χ0) is 24.8. The van der Waals surface area contributed by atoms with E-state index in [2.05, 4.69) is 25.9 Å². The fourth-order valence-electron chi connectivity index (χ4n) is 2.89. The summed E-state index contributed by atoms with van der Waals surface area (Å²) in [5.41, 5.74) is 0.604. The van der Waals surface area contributed by atoms with Gasteiger partial charge in [-0.3, -0.25) is 15.5 Å². The molecule has 2 aromatic heterocycles. The highest BCUT2D eigenvalue weighted by Gasteiger charge is 2.19. The number of urea groups is 2. The number of halogens is 1. The van der Waals surface area contributed by atoms with Gasteiger partial charge in [0.1, 0.15) is 0 Å². The topological polar surface area (TPSA) is 118 Å². The lowest BCUT2D eigenvalue weighted by Crippen LogP contribution is -2.31. The van der Waals surface area contributed by atoms with Crippen molar-refractivity contribution in [3.05, 3.63) is 65.4 Å². The van der Waals surface area contributed by atoms with Crippen LogP contribution in [-0.4, -0.2) is 36.2 Å². The lowest BCUT2D eigenvalue weighted by atomic mass is 10.2. The number of aromatic nitrogens is 2. The number of carbonyl (C=O) groups is 2. The average molecular weight is 515 g/mol. The van der Waals surface area contributed by atoms with Crippen LogP contribution in [0.25, 0.3) is 0 Å². The molecule has 2 heterocycles.